The zero-order chi connectivity index (χ0) is 24.0. The molecule has 0 radical (unpaired) electrons. The summed E-state index contributed by atoms with van der Waals surface area (Å²) in [4.78, 5) is 30.0. The minimum Gasteiger partial charge on any atom is -0.497 e. The molecule has 4 rings (SSSR count). The van der Waals surface area contributed by atoms with Crippen LogP contribution in [-0.2, 0) is 26.4 Å². The van der Waals surface area contributed by atoms with Gasteiger partial charge in [0, 0.05) is 24.3 Å². The fourth-order valence-electron chi connectivity index (χ4n) is 4.69. The normalized spacial score (nSPS) is 20.2. The van der Waals surface area contributed by atoms with Gasteiger partial charge in [-0.05, 0) is 40.7 Å². The lowest BCUT2D eigenvalue weighted by Crippen LogP contribution is -2.50. The Balaban J connectivity index is 1.74. The largest absolute Gasteiger partial charge is 0.497 e. The van der Waals surface area contributed by atoms with E-state index in [1.54, 1.807) is 23.8 Å². The molecular formula is C27H34N2O3S. The molecule has 2 aliphatic rings. The zero-order valence-corrected chi connectivity index (χ0v) is 21.3. The fraction of sp³-hybridized carbons (Fsp3) is 0.481. The lowest BCUT2D eigenvalue weighted by molar-refractivity contribution is -0.140. The highest BCUT2D eigenvalue weighted by Crippen LogP contribution is 2.55. The summed E-state index contributed by atoms with van der Waals surface area (Å²) in [6, 6.07) is 14.3. The van der Waals surface area contributed by atoms with Crippen LogP contribution in [0.25, 0.3) is 0 Å². The van der Waals surface area contributed by atoms with E-state index in [2.05, 4.69) is 45.0 Å². The van der Waals surface area contributed by atoms with Crippen molar-refractivity contribution < 1.29 is 14.3 Å². The standard InChI is InChI=1S/C27H34N2O3S/c1-18(2)15-24(30)29-13-14-33-27(29)22-16-21(32-6)11-12-23(22)28(25(27)31)17-19-7-9-20(10-8-19)26(3,4)5/h7-12,16,18H,13-15,17H2,1-6H3. The number of hydrogen-bond donors (Lipinski definition) is 0. The van der Waals surface area contributed by atoms with E-state index in [1.165, 1.54) is 5.56 Å². The highest BCUT2D eigenvalue weighted by molar-refractivity contribution is 8.01. The highest BCUT2D eigenvalue weighted by atomic mass is 32.2. The average Bonchev–Trinajstić information content (AvgIpc) is 3.30. The number of nitrogens with zero attached hydrogens (tertiary/aromatic N) is 2. The number of rotatable bonds is 5. The van der Waals surface area contributed by atoms with Crippen molar-refractivity contribution in [2.75, 3.05) is 24.3 Å². The number of amides is 2. The maximum atomic E-state index is 14.1. The van der Waals surface area contributed by atoms with Gasteiger partial charge in [-0.15, -0.1) is 11.8 Å². The second-order valence-electron chi connectivity index (χ2n) is 10.4. The van der Waals surface area contributed by atoms with E-state index < -0.39 is 4.87 Å². The predicted molar refractivity (Wildman–Crippen MR) is 135 cm³/mol. The number of anilines is 1. The lowest BCUT2D eigenvalue weighted by atomic mass is 9.87. The van der Waals surface area contributed by atoms with Crippen LogP contribution in [0.5, 0.6) is 5.75 Å². The number of carbonyl (C=O) groups is 2. The number of ether oxygens (including phenoxy) is 1. The maximum Gasteiger partial charge on any atom is 0.268 e. The van der Waals surface area contributed by atoms with Gasteiger partial charge < -0.3 is 14.5 Å². The van der Waals surface area contributed by atoms with Gasteiger partial charge in [0.1, 0.15) is 5.75 Å². The molecule has 0 aliphatic carbocycles. The summed E-state index contributed by atoms with van der Waals surface area (Å²) in [5.74, 6) is 1.67. The van der Waals surface area contributed by atoms with Crippen molar-refractivity contribution in [3.05, 3.63) is 59.2 Å². The molecule has 1 spiro atoms. The first kappa shape index (κ1) is 23.7. The Hall–Kier alpha value is -2.47. The van der Waals surface area contributed by atoms with Gasteiger partial charge in [0.15, 0.2) is 4.87 Å². The van der Waals surface area contributed by atoms with Crippen LogP contribution in [0, 0.1) is 5.92 Å². The number of methoxy groups -OCH3 is 1. The molecule has 6 heteroatoms. The molecule has 1 atom stereocenters. The van der Waals surface area contributed by atoms with Crippen LogP contribution in [0.2, 0.25) is 0 Å². The number of fused-ring (bicyclic) bond motifs is 2. The van der Waals surface area contributed by atoms with Gasteiger partial charge in [-0.2, -0.15) is 0 Å². The van der Waals surface area contributed by atoms with Crippen molar-refractivity contribution >= 4 is 29.3 Å². The molecule has 0 bridgehead atoms. The second-order valence-corrected chi connectivity index (χ2v) is 11.6. The third kappa shape index (κ3) is 4.14. The number of carbonyl (C=O) groups excluding carboxylic acids is 2. The monoisotopic (exact) mass is 466 g/mol. The van der Waals surface area contributed by atoms with Gasteiger partial charge in [0.05, 0.1) is 19.3 Å². The minimum atomic E-state index is -1.01. The van der Waals surface area contributed by atoms with E-state index in [0.717, 1.165) is 22.6 Å². The Morgan fingerprint density at radius 2 is 1.85 bits per heavy atom. The molecule has 2 aromatic rings. The molecule has 2 amide bonds. The molecule has 1 unspecified atom stereocenters. The van der Waals surface area contributed by atoms with E-state index in [4.69, 9.17) is 4.74 Å². The lowest BCUT2D eigenvalue weighted by Gasteiger charge is -2.33. The van der Waals surface area contributed by atoms with E-state index in [0.29, 0.717) is 25.3 Å². The Morgan fingerprint density at radius 1 is 1.15 bits per heavy atom. The Bertz CT molecular complexity index is 1060. The van der Waals surface area contributed by atoms with Gasteiger partial charge >= 0.3 is 0 Å². The van der Waals surface area contributed by atoms with Crippen molar-refractivity contribution in [2.24, 2.45) is 5.92 Å². The Morgan fingerprint density at radius 3 is 2.45 bits per heavy atom. The van der Waals surface area contributed by atoms with Crippen LogP contribution in [-0.4, -0.2) is 36.1 Å². The highest BCUT2D eigenvalue weighted by Gasteiger charge is 2.59. The van der Waals surface area contributed by atoms with Gasteiger partial charge in [0.2, 0.25) is 5.91 Å². The smallest absolute Gasteiger partial charge is 0.268 e. The quantitative estimate of drug-likeness (QED) is 0.599. The molecule has 176 valence electrons. The molecule has 2 heterocycles. The fourth-order valence-corrected chi connectivity index (χ4v) is 6.16. The van der Waals surface area contributed by atoms with Crippen molar-refractivity contribution in [2.45, 2.75) is 57.9 Å². The van der Waals surface area contributed by atoms with Crippen LogP contribution in [0.4, 0.5) is 5.69 Å². The molecule has 1 fully saturated rings. The third-order valence-electron chi connectivity index (χ3n) is 6.45. The maximum absolute atomic E-state index is 14.1. The number of hydrogen-bond acceptors (Lipinski definition) is 4. The molecule has 5 nitrogen and oxygen atoms in total. The van der Waals surface area contributed by atoms with Crippen LogP contribution >= 0.6 is 11.8 Å². The summed E-state index contributed by atoms with van der Waals surface area (Å²) in [5, 5.41) is 0. The number of thioether (sulfide) groups is 1. The van der Waals surface area contributed by atoms with Gasteiger partial charge in [-0.1, -0.05) is 58.9 Å². The topological polar surface area (TPSA) is 49.9 Å². The van der Waals surface area contributed by atoms with Crippen molar-refractivity contribution in [3.63, 3.8) is 0 Å². The minimum absolute atomic E-state index is 0.0356. The van der Waals surface area contributed by atoms with Crippen molar-refractivity contribution in [1.29, 1.82) is 0 Å². The van der Waals surface area contributed by atoms with Crippen LogP contribution in [0.1, 0.15) is 57.7 Å². The van der Waals surface area contributed by atoms with Gasteiger partial charge in [-0.25, -0.2) is 0 Å². The van der Waals surface area contributed by atoms with Crippen LogP contribution < -0.4 is 9.64 Å². The van der Waals surface area contributed by atoms with Crippen molar-refractivity contribution in [3.8, 4) is 5.75 Å². The van der Waals surface area contributed by atoms with Crippen molar-refractivity contribution in [1.82, 2.24) is 4.90 Å². The molecule has 33 heavy (non-hydrogen) atoms. The molecular weight excluding hydrogens is 432 g/mol. The zero-order valence-electron chi connectivity index (χ0n) is 20.5. The van der Waals surface area contributed by atoms with Gasteiger partial charge in [0.25, 0.3) is 5.91 Å². The summed E-state index contributed by atoms with van der Waals surface area (Å²) in [6.07, 6.45) is 0.434. The average molecular weight is 467 g/mol. The van der Waals surface area contributed by atoms with E-state index in [9.17, 15) is 9.59 Å². The SMILES string of the molecule is COc1ccc2c(c1)C1(SCCN1C(=O)CC(C)C)C(=O)N2Cc1ccc(C(C)(C)C)cc1. The first-order chi connectivity index (χ1) is 15.6. The summed E-state index contributed by atoms with van der Waals surface area (Å²) < 4.78 is 5.49. The summed E-state index contributed by atoms with van der Waals surface area (Å²) in [5.41, 5.74) is 4.12. The van der Waals surface area contributed by atoms with E-state index in [-0.39, 0.29) is 23.1 Å². The Kier molecular flexibility index (Phi) is 6.25. The third-order valence-corrected chi connectivity index (χ3v) is 7.86. The van der Waals surface area contributed by atoms with Gasteiger partial charge in [-0.3, -0.25) is 9.59 Å². The molecule has 2 aromatic carbocycles. The molecule has 2 aliphatic heterocycles. The summed E-state index contributed by atoms with van der Waals surface area (Å²) >= 11 is 1.56. The molecule has 0 aromatic heterocycles. The molecule has 0 saturated carbocycles. The Labute approximate surface area is 201 Å². The van der Waals surface area contributed by atoms with E-state index in [1.807, 2.05) is 36.9 Å². The first-order valence-electron chi connectivity index (χ1n) is 11.6. The van der Waals surface area contributed by atoms with E-state index >= 15 is 0 Å². The number of benzene rings is 2. The molecule has 0 N–H and O–H groups in total. The van der Waals surface area contributed by atoms with Crippen LogP contribution in [0.15, 0.2) is 42.5 Å². The summed E-state index contributed by atoms with van der Waals surface area (Å²) in [6.45, 7) is 11.7. The van der Waals surface area contributed by atoms with Crippen LogP contribution in [0.3, 0.4) is 0 Å². The summed E-state index contributed by atoms with van der Waals surface area (Å²) in [7, 11) is 1.63. The second kappa shape index (κ2) is 8.71. The first-order valence-corrected chi connectivity index (χ1v) is 12.6. The predicted octanol–water partition coefficient (Wildman–Crippen LogP) is 5.31. The molecule has 1 saturated heterocycles.